The lowest BCUT2D eigenvalue weighted by atomic mass is 10.1. The Morgan fingerprint density at radius 3 is 2.33 bits per heavy atom. The lowest BCUT2D eigenvalue weighted by Crippen LogP contribution is -2.51. The van der Waals surface area contributed by atoms with Crippen LogP contribution in [0.3, 0.4) is 0 Å². The van der Waals surface area contributed by atoms with Gasteiger partial charge in [-0.05, 0) is 54.4 Å². The number of hydrogen-bond donors (Lipinski definition) is 2. The van der Waals surface area contributed by atoms with Crippen LogP contribution in [0.15, 0.2) is 0 Å². The predicted molar refractivity (Wildman–Crippen MR) is 63.9 cm³/mol. The van der Waals surface area contributed by atoms with Crippen LogP contribution in [0, 0.1) is 0 Å². The van der Waals surface area contributed by atoms with Crippen LogP contribution >= 0.6 is 0 Å². The van der Waals surface area contributed by atoms with E-state index in [2.05, 4.69) is 29.6 Å². The van der Waals surface area contributed by atoms with Crippen LogP contribution < -0.4 is 10.6 Å². The first-order chi connectivity index (χ1) is 6.90. The third kappa shape index (κ3) is 6.47. The summed E-state index contributed by atoms with van der Waals surface area (Å²) < 4.78 is 0. The first-order valence-electron chi connectivity index (χ1n) is 5.52. The maximum Gasteiger partial charge on any atom is 0.239 e. The van der Waals surface area contributed by atoms with E-state index in [1.165, 1.54) is 0 Å². The SMILES string of the molecule is CNC(C)(C)C(=O)NCCCCN(C)C. The molecule has 0 heterocycles. The minimum Gasteiger partial charge on any atom is -0.355 e. The van der Waals surface area contributed by atoms with Crippen molar-refractivity contribution in [3.63, 3.8) is 0 Å². The molecule has 0 spiro atoms. The summed E-state index contributed by atoms with van der Waals surface area (Å²) in [5.74, 6) is 0.0647. The lowest BCUT2D eigenvalue weighted by molar-refractivity contribution is -0.126. The number of likely N-dealkylation sites (N-methyl/N-ethyl adjacent to an activating group) is 1. The van der Waals surface area contributed by atoms with Gasteiger partial charge in [0.1, 0.15) is 0 Å². The molecular formula is C11H25N3O. The summed E-state index contributed by atoms with van der Waals surface area (Å²) >= 11 is 0. The van der Waals surface area contributed by atoms with Crippen molar-refractivity contribution in [2.24, 2.45) is 0 Å². The molecule has 2 N–H and O–H groups in total. The van der Waals surface area contributed by atoms with Crippen LogP contribution in [0.1, 0.15) is 26.7 Å². The molecule has 0 rings (SSSR count). The number of amides is 1. The Morgan fingerprint density at radius 1 is 1.27 bits per heavy atom. The Morgan fingerprint density at radius 2 is 1.87 bits per heavy atom. The Bertz CT molecular complexity index is 190. The van der Waals surface area contributed by atoms with Crippen molar-refractivity contribution in [1.82, 2.24) is 15.5 Å². The summed E-state index contributed by atoms with van der Waals surface area (Å²) in [6, 6.07) is 0. The zero-order valence-corrected chi connectivity index (χ0v) is 10.7. The second-order valence-electron chi connectivity index (χ2n) is 4.64. The number of carbonyl (C=O) groups is 1. The van der Waals surface area contributed by atoms with E-state index in [-0.39, 0.29) is 5.91 Å². The number of rotatable bonds is 7. The summed E-state index contributed by atoms with van der Waals surface area (Å²) in [5.41, 5.74) is -0.471. The first kappa shape index (κ1) is 14.4. The quantitative estimate of drug-likeness (QED) is 0.606. The highest BCUT2D eigenvalue weighted by Crippen LogP contribution is 2.00. The maximum absolute atomic E-state index is 11.6. The zero-order valence-electron chi connectivity index (χ0n) is 10.7. The van der Waals surface area contributed by atoms with E-state index in [0.29, 0.717) is 0 Å². The molecular weight excluding hydrogens is 190 g/mol. The molecule has 0 aliphatic heterocycles. The molecule has 0 unspecified atom stereocenters. The van der Waals surface area contributed by atoms with Crippen LogP contribution in [0.2, 0.25) is 0 Å². The minimum absolute atomic E-state index is 0.0647. The second-order valence-corrected chi connectivity index (χ2v) is 4.64. The van der Waals surface area contributed by atoms with Gasteiger partial charge < -0.3 is 15.5 Å². The highest BCUT2D eigenvalue weighted by atomic mass is 16.2. The molecule has 0 radical (unpaired) electrons. The van der Waals surface area contributed by atoms with Crippen molar-refractivity contribution in [1.29, 1.82) is 0 Å². The molecule has 15 heavy (non-hydrogen) atoms. The van der Waals surface area contributed by atoms with Gasteiger partial charge in [-0.3, -0.25) is 4.79 Å². The minimum atomic E-state index is -0.471. The largest absolute Gasteiger partial charge is 0.355 e. The summed E-state index contributed by atoms with van der Waals surface area (Å²) in [7, 11) is 5.91. The summed E-state index contributed by atoms with van der Waals surface area (Å²) in [5, 5.41) is 5.91. The van der Waals surface area contributed by atoms with Gasteiger partial charge in [-0.15, -0.1) is 0 Å². The molecule has 0 bridgehead atoms. The Kier molecular flexibility index (Phi) is 6.52. The fraction of sp³-hybridized carbons (Fsp3) is 0.909. The molecule has 0 aromatic rings. The van der Waals surface area contributed by atoms with Crippen LogP contribution in [-0.2, 0) is 4.79 Å². The summed E-state index contributed by atoms with van der Waals surface area (Å²) in [4.78, 5) is 13.8. The molecule has 0 aromatic heterocycles. The van der Waals surface area contributed by atoms with E-state index in [9.17, 15) is 4.79 Å². The van der Waals surface area contributed by atoms with Crippen LogP contribution in [0.4, 0.5) is 0 Å². The van der Waals surface area contributed by atoms with Gasteiger partial charge in [0.2, 0.25) is 5.91 Å². The van der Waals surface area contributed by atoms with Crippen molar-refractivity contribution in [3.8, 4) is 0 Å². The monoisotopic (exact) mass is 215 g/mol. The van der Waals surface area contributed by atoms with Gasteiger partial charge in [-0.25, -0.2) is 0 Å². The Balaban J connectivity index is 3.56. The van der Waals surface area contributed by atoms with Gasteiger partial charge in [0, 0.05) is 6.54 Å². The van der Waals surface area contributed by atoms with Gasteiger partial charge >= 0.3 is 0 Å². The number of unbranched alkanes of at least 4 members (excludes halogenated alkanes) is 1. The molecule has 4 heteroatoms. The fourth-order valence-corrected chi connectivity index (χ4v) is 1.09. The molecule has 0 aromatic carbocycles. The molecule has 0 atom stereocenters. The third-order valence-corrected chi connectivity index (χ3v) is 2.51. The zero-order chi connectivity index (χ0) is 11.9. The highest BCUT2D eigenvalue weighted by Gasteiger charge is 2.24. The molecule has 0 aliphatic rings. The molecule has 4 nitrogen and oxygen atoms in total. The van der Waals surface area contributed by atoms with E-state index in [1.54, 1.807) is 7.05 Å². The van der Waals surface area contributed by atoms with Gasteiger partial charge in [0.05, 0.1) is 5.54 Å². The van der Waals surface area contributed by atoms with E-state index >= 15 is 0 Å². The van der Waals surface area contributed by atoms with Crippen molar-refractivity contribution < 1.29 is 4.79 Å². The summed E-state index contributed by atoms with van der Waals surface area (Å²) in [6.07, 6.45) is 2.15. The van der Waals surface area contributed by atoms with E-state index in [0.717, 1.165) is 25.9 Å². The smallest absolute Gasteiger partial charge is 0.239 e. The lowest BCUT2D eigenvalue weighted by Gasteiger charge is -2.22. The van der Waals surface area contributed by atoms with Crippen molar-refractivity contribution in [3.05, 3.63) is 0 Å². The molecule has 0 saturated carbocycles. The molecule has 1 amide bonds. The normalized spacial score (nSPS) is 11.9. The highest BCUT2D eigenvalue weighted by molar-refractivity contribution is 5.85. The third-order valence-electron chi connectivity index (χ3n) is 2.51. The van der Waals surface area contributed by atoms with Gasteiger partial charge in [-0.1, -0.05) is 0 Å². The topological polar surface area (TPSA) is 44.4 Å². The van der Waals surface area contributed by atoms with Crippen molar-refractivity contribution in [2.75, 3.05) is 34.2 Å². The molecule has 0 saturated heterocycles. The van der Waals surface area contributed by atoms with Gasteiger partial charge in [0.25, 0.3) is 0 Å². The van der Waals surface area contributed by atoms with Gasteiger partial charge in [0.15, 0.2) is 0 Å². The Hall–Kier alpha value is -0.610. The van der Waals surface area contributed by atoms with Crippen LogP contribution in [0.25, 0.3) is 0 Å². The first-order valence-corrected chi connectivity index (χ1v) is 5.52. The van der Waals surface area contributed by atoms with Crippen LogP contribution in [-0.4, -0.2) is 50.6 Å². The van der Waals surface area contributed by atoms with Crippen molar-refractivity contribution in [2.45, 2.75) is 32.2 Å². The van der Waals surface area contributed by atoms with Crippen molar-refractivity contribution >= 4 is 5.91 Å². The number of carbonyl (C=O) groups excluding carboxylic acids is 1. The van der Waals surface area contributed by atoms with E-state index in [1.807, 2.05) is 13.8 Å². The molecule has 0 fully saturated rings. The second kappa shape index (κ2) is 6.80. The molecule has 0 aliphatic carbocycles. The maximum atomic E-state index is 11.6. The van der Waals surface area contributed by atoms with E-state index < -0.39 is 5.54 Å². The number of nitrogens with one attached hydrogen (secondary N) is 2. The van der Waals surface area contributed by atoms with Gasteiger partial charge in [-0.2, -0.15) is 0 Å². The van der Waals surface area contributed by atoms with Crippen LogP contribution in [0.5, 0.6) is 0 Å². The standard InChI is InChI=1S/C11H25N3O/c1-11(2,12-3)10(15)13-8-6-7-9-14(4)5/h12H,6-9H2,1-5H3,(H,13,15). The average Bonchev–Trinajstić information content (AvgIpc) is 2.16. The summed E-state index contributed by atoms with van der Waals surface area (Å²) in [6.45, 7) is 5.59. The number of nitrogens with zero attached hydrogens (tertiary/aromatic N) is 1. The number of hydrogen-bond acceptors (Lipinski definition) is 3. The Labute approximate surface area is 93.4 Å². The van der Waals surface area contributed by atoms with E-state index in [4.69, 9.17) is 0 Å². The fourth-order valence-electron chi connectivity index (χ4n) is 1.09. The molecule has 90 valence electrons. The predicted octanol–water partition coefficient (Wildman–Crippen LogP) is 0.442. The average molecular weight is 215 g/mol.